The molecule has 1 aliphatic heterocycles. The quantitative estimate of drug-likeness (QED) is 0.609. The van der Waals surface area contributed by atoms with Gasteiger partial charge in [-0.15, -0.1) is 0 Å². The van der Waals surface area contributed by atoms with Crippen LogP contribution in [0.2, 0.25) is 0 Å². The van der Waals surface area contributed by atoms with E-state index in [1.807, 2.05) is 25.1 Å². The summed E-state index contributed by atoms with van der Waals surface area (Å²) in [6.07, 6.45) is 5.50. The summed E-state index contributed by atoms with van der Waals surface area (Å²) in [5.41, 5.74) is -1.43. The van der Waals surface area contributed by atoms with E-state index in [9.17, 15) is 14.7 Å². The average molecular weight is 494 g/mol. The fourth-order valence-corrected chi connectivity index (χ4v) is 11.0. The Hall–Kier alpha value is -1.76. The number of nitrogens with zero attached hydrogens (tertiary/aromatic N) is 1. The number of ketones is 1. The predicted molar refractivity (Wildman–Crippen MR) is 133 cm³/mol. The summed E-state index contributed by atoms with van der Waals surface area (Å²) >= 11 is 0. The molecule has 2 spiro atoms. The summed E-state index contributed by atoms with van der Waals surface area (Å²) in [6.45, 7) is 6.25. The van der Waals surface area contributed by atoms with Crippen LogP contribution in [-0.2, 0) is 25.7 Å². The smallest absolute Gasteiger partial charge is 0.316 e. The maximum absolute atomic E-state index is 14.1. The van der Waals surface area contributed by atoms with Gasteiger partial charge in [-0.1, -0.05) is 43.7 Å². The molecule has 0 amide bonds. The van der Waals surface area contributed by atoms with Crippen LogP contribution in [0.1, 0.15) is 64.4 Å². The van der Waals surface area contributed by atoms with E-state index in [0.29, 0.717) is 38.4 Å². The zero-order valence-electron chi connectivity index (χ0n) is 21.6. The maximum Gasteiger partial charge on any atom is 0.316 e. The second kappa shape index (κ2) is 7.64. The van der Waals surface area contributed by atoms with Crippen LogP contribution in [0.25, 0.3) is 0 Å². The SMILES string of the molecule is CCOC(=O)[C@]12CCCC34C(N(CC)C1)C1(CC[C@@]32O)C[C@@H](OCc2ccccc2)[C@H]2C[C@@H]4[C@@H]1C2=O. The lowest BCUT2D eigenvalue weighted by atomic mass is 9.39. The Morgan fingerprint density at radius 3 is 2.69 bits per heavy atom. The Balaban J connectivity index is 1.32. The first-order valence-electron chi connectivity index (χ1n) is 14.2. The summed E-state index contributed by atoms with van der Waals surface area (Å²) in [6, 6.07) is 10.4. The summed E-state index contributed by atoms with van der Waals surface area (Å²) in [5, 5.41) is 12.8. The van der Waals surface area contributed by atoms with Crippen LogP contribution in [0.5, 0.6) is 0 Å². The number of fused-ring (bicyclic) bond motifs is 1. The molecule has 7 bridgehead atoms. The summed E-state index contributed by atoms with van der Waals surface area (Å²) in [5.74, 6) is 0.178. The number of carbonyl (C=O) groups excluding carboxylic acids is 2. The number of piperidine rings is 1. The van der Waals surface area contributed by atoms with Crippen molar-refractivity contribution in [3.63, 3.8) is 0 Å². The molecule has 0 radical (unpaired) electrons. The number of ether oxygens (including phenoxy) is 2. The average Bonchev–Trinajstić information content (AvgIpc) is 3.23. The van der Waals surface area contributed by atoms with Crippen LogP contribution in [0.4, 0.5) is 0 Å². The molecule has 6 heteroatoms. The molecule has 1 N–H and O–H groups in total. The molecule has 1 aromatic rings. The van der Waals surface area contributed by atoms with E-state index in [4.69, 9.17) is 9.47 Å². The molecule has 1 heterocycles. The minimum absolute atomic E-state index is 0.0109. The first kappa shape index (κ1) is 23.4. The van der Waals surface area contributed by atoms with Gasteiger partial charge in [-0.05, 0) is 68.9 Å². The minimum Gasteiger partial charge on any atom is -0.465 e. The van der Waals surface area contributed by atoms with E-state index in [0.717, 1.165) is 44.2 Å². The van der Waals surface area contributed by atoms with E-state index in [1.165, 1.54) is 0 Å². The predicted octanol–water partition coefficient (Wildman–Crippen LogP) is 3.75. The maximum atomic E-state index is 14.1. The van der Waals surface area contributed by atoms with Gasteiger partial charge in [0.1, 0.15) is 11.2 Å². The van der Waals surface area contributed by atoms with Crippen molar-refractivity contribution in [3.8, 4) is 0 Å². The monoisotopic (exact) mass is 493 g/mol. The lowest BCUT2D eigenvalue weighted by Gasteiger charge is -2.72. The van der Waals surface area contributed by atoms with Crippen LogP contribution >= 0.6 is 0 Å². The lowest BCUT2D eigenvalue weighted by Crippen LogP contribution is -2.81. The first-order chi connectivity index (χ1) is 17.4. The van der Waals surface area contributed by atoms with Gasteiger partial charge in [-0.2, -0.15) is 0 Å². The van der Waals surface area contributed by atoms with Crippen molar-refractivity contribution in [1.82, 2.24) is 4.90 Å². The van der Waals surface area contributed by atoms with Crippen molar-refractivity contribution in [3.05, 3.63) is 35.9 Å². The van der Waals surface area contributed by atoms with Crippen molar-refractivity contribution in [2.45, 2.75) is 83.1 Å². The summed E-state index contributed by atoms with van der Waals surface area (Å²) in [7, 11) is 0. The fraction of sp³-hybridized carbons (Fsp3) is 0.733. The third kappa shape index (κ3) is 2.45. The number of aliphatic hydroxyl groups is 1. The van der Waals surface area contributed by atoms with Gasteiger partial charge in [0, 0.05) is 29.8 Å². The van der Waals surface area contributed by atoms with Crippen LogP contribution in [0, 0.1) is 34.0 Å². The Morgan fingerprint density at radius 1 is 1.14 bits per heavy atom. The van der Waals surface area contributed by atoms with Gasteiger partial charge in [0.05, 0.1) is 24.9 Å². The molecule has 5 saturated carbocycles. The van der Waals surface area contributed by atoms with Gasteiger partial charge < -0.3 is 14.6 Å². The highest BCUT2D eigenvalue weighted by Crippen LogP contribution is 2.82. The largest absolute Gasteiger partial charge is 0.465 e. The molecule has 0 aromatic heterocycles. The van der Waals surface area contributed by atoms with Crippen molar-refractivity contribution >= 4 is 11.8 Å². The summed E-state index contributed by atoms with van der Waals surface area (Å²) in [4.78, 5) is 30.2. The van der Waals surface area contributed by atoms with Gasteiger partial charge in [0.2, 0.25) is 0 Å². The molecule has 1 saturated heterocycles. The molecule has 5 aliphatic carbocycles. The number of benzene rings is 1. The Bertz CT molecular complexity index is 1090. The highest BCUT2D eigenvalue weighted by atomic mass is 16.5. The number of rotatable bonds is 6. The standard InChI is InChI=1S/C30H39NO5/c1-3-31-18-28(26(33)35-4-2)11-8-12-29-21-15-20-22(36-17-19-9-6-5-7-10-19)16-27(25(29)31,23(21)24(20)32)13-14-30(28,29)34/h5-7,9-10,20-23,25,34H,3-4,8,11-18H2,1-2H3/t20-,21-,22-,23-,25?,27?,28+,29?,30+/m1/s1. The Labute approximate surface area is 213 Å². The van der Waals surface area contributed by atoms with Gasteiger partial charge in [-0.3, -0.25) is 14.5 Å². The number of Topliss-reactive ketones (excluding diaryl/α,β-unsaturated/α-hetero) is 1. The molecule has 9 atom stereocenters. The zero-order valence-corrected chi connectivity index (χ0v) is 21.6. The minimum atomic E-state index is -1.10. The second-order valence-electron chi connectivity index (χ2n) is 12.6. The second-order valence-corrected chi connectivity index (χ2v) is 12.6. The van der Waals surface area contributed by atoms with Crippen molar-refractivity contribution in [2.24, 2.45) is 34.0 Å². The molecule has 36 heavy (non-hydrogen) atoms. The number of carbonyl (C=O) groups is 2. The van der Waals surface area contributed by atoms with E-state index in [2.05, 4.69) is 24.0 Å². The highest BCUT2D eigenvalue weighted by Gasteiger charge is 2.88. The van der Waals surface area contributed by atoms with E-state index in [-0.39, 0.29) is 41.3 Å². The van der Waals surface area contributed by atoms with Crippen LogP contribution in [0.15, 0.2) is 30.3 Å². The molecule has 6 aliphatic rings. The number of hydrogen-bond acceptors (Lipinski definition) is 6. The number of likely N-dealkylation sites (tertiary alicyclic amines) is 1. The first-order valence-corrected chi connectivity index (χ1v) is 14.2. The molecule has 194 valence electrons. The van der Waals surface area contributed by atoms with Gasteiger partial charge in [0.25, 0.3) is 0 Å². The van der Waals surface area contributed by atoms with Gasteiger partial charge in [0.15, 0.2) is 0 Å². The molecule has 6 fully saturated rings. The van der Waals surface area contributed by atoms with E-state index >= 15 is 0 Å². The molecule has 7 rings (SSSR count). The summed E-state index contributed by atoms with van der Waals surface area (Å²) < 4.78 is 12.2. The topological polar surface area (TPSA) is 76.1 Å². The molecular weight excluding hydrogens is 454 g/mol. The molecule has 3 unspecified atom stereocenters. The Morgan fingerprint density at radius 2 is 1.94 bits per heavy atom. The van der Waals surface area contributed by atoms with E-state index < -0.39 is 16.4 Å². The van der Waals surface area contributed by atoms with E-state index in [1.54, 1.807) is 0 Å². The lowest BCUT2D eigenvalue weighted by molar-refractivity contribution is -0.304. The number of hydrogen-bond donors (Lipinski definition) is 1. The third-order valence-electron chi connectivity index (χ3n) is 11.9. The molecule has 1 aromatic carbocycles. The van der Waals surface area contributed by atoms with Crippen LogP contribution < -0.4 is 0 Å². The molecule has 6 nitrogen and oxygen atoms in total. The van der Waals surface area contributed by atoms with Crippen molar-refractivity contribution in [1.29, 1.82) is 0 Å². The van der Waals surface area contributed by atoms with Crippen LogP contribution in [0.3, 0.4) is 0 Å². The van der Waals surface area contributed by atoms with Crippen molar-refractivity contribution in [2.75, 3.05) is 19.7 Å². The van der Waals surface area contributed by atoms with Crippen molar-refractivity contribution < 1.29 is 24.2 Å². The Kier molecular flexibility index (Phi) is 4.96. The zero-order chi connectivity index (χ0) is 24.9. The van der Waals surface area contributed by atoms with Gasteiger partial charge in [-0.25, -0.2) is 0 Å². The van der Waals surface area contributed by atoms with Crippen LogP contribution in [-0.4, -0.2) is 59.2 Å². The fourth-order valence-electron chi connectivity index (χ4n) is 11.0. The normalized spacial score (nSPS) is 48.2. The third-order valence-corrected chi connectivity index (χ3v) is 11.9. The van der Waals surface area contributed by atoms with Gasteiger partial charge >= 0.3 is 5.97 Å². The number of esters is 1. The highest BCUT2D eigenvalue weighted by molar-refractivity contribution is 5.90. The molecular formula is C30H39NO5.